The SMILES string of the molecule is COc1cccc2sc(N(Cc3ccco3)C(=O)C3CCN(S(=O)(=O)c4cc(F)ccc4F)CC3)nc12. The molecule has 5 rings (SSSR count). The fourth-order valence-electron chi connectivity index (χ4n) is 4.37. The summed E-state index contributed by atoms with van der Waals surface area (Å²) in [7, 11) is -2.70. The zero-order valence-electron chi connectivity index (χ0n) is 19.8. The number of benzene rings is 2. The molecular weight excluding hydrogens is 524 g/mol. The molecule has 8 nitrogen and oxygen atoms in total. The molecule has 4 aromatic rings. The Labute approximate surface area is 216 Å². The summed E-state index contributed by atoms with van der Waals surface area (Å²) in [6.45, 7) is 0.148. The summed E-state index contributed by atoms with van der Waals surface area (Å²) in [6.07, 6.45) is 1.96. The fourth-order valence-corrected chi connectivity index (χ4v) is 6.90. The number of halogens is 2. The average Bonchev–Trinajstić information content (AvgIpc) is 3.58. The third-order valence-corrected chi connectivity index (χ3v) is 9.25. The van der Waals surface area contributed by atoms with Crippen LogP contribution in [0, 0.1) is 17.6 Å². The van der Waals surface area contributed by atoms with Crippen molar-refractivity contribution in [3.8, 4) is 5.75 Å². The van der Waals surface area contributed by atoms with E-state index >= 15 is 0 Å². The predicted octanol–water partition coefficient (Wildman–Crippen LogP) is 4.81. The highest BCUT2D eigenvalue weighted by Crippen LogP contribution is 2.36. The maximum Gasteiger partial charge on any atom is 0.246 e. The first kappa shape index (κ1) is 25.3. The number of thiazole rings is 1. The van der Waals surface area contributed by atoms with Gasteiger partial charge in [-0.1, -0.05) is 17.4 Å². The summed E-state index contributed by atoms with van der Waals surface area (Å²) in [6, 6.07) is 11.4. The highest BCUT2D eigenvalue weighted by molar-refractivity contribution is 7.89. The summed E-state index contributed by atoms with van der Waals surface area (Å²) in [5, 5.41) is 0.470. The van der Waals surface area contributed by atoms with Gasteiger partial charge in [0.25, 0.3) is 0 Å². The van der Waals surface area contributed by atoms with Crippen molar-refractivity contribution in [2.75, 3.05) is 25.1 Å². The van der Waals surface area contributed by atoms with Gasteiger partial charge in [0.1, 0.15) is 33.6 Å². The third-order valence-electron chi connectivity index (χ3n) is 6.30. The monoisotopic (exact) mass is 547 g/mol. The lowest BCUT2D eigenvalue weighted by Crippen LogP contribution is -2.44. The highest BCUT2D eigenvalue weighted by Gasteiger charge is 2.36. The van der Waals surface area contributed by atoms with Gasteiger partial charge >= 0.3 is 0 Å². The van der Waals surface area contributed by atoms with E-state index < -0.39 is 32.5 Å². The van der Waals surface area contributed by atoms with E-state index in [2.05, 4.69) is 4.98 Å². The number of methoxy groups -OCH3 is 1. The Kier molecular flexibility index (Phi) is 6.97. The van der Waals surface area contributed by atoms with Gasteiger partial charge < -0.3 is 9.15 Å². The van der Waals surface area contributed by atoms with Crippen LogP contribution in [0.15, 0.2) is 64.1 Å². The smallest absolute Gasteiger partial charge is 0.246 e. The van der Waals surface area contributed by atoms with Crippen LogP contribution in [0.3, 0.4) is 0 Å². The summed E-state index contributed by atoms with van der Waals surface area (Å²) < 4.78 is 66.5. The number of carbonyl (C=O) groups is 1. The first-order chi connectivity index (χ1) is 17.8. The van der Waals surface area contributed by atoms with Crippen molar-refractivity contribution >= 4 is 42.6 Å². The van der Waals surface area contributed by atoms with Crippen LogP contribution in [-0.2, 0) is 21.4 Å². The maximum atomic E-state index is 14.2. The largest absolute Gasteiger partial charge is 0.494 e. The molecule has 0 aliphatic carbocycles. The van der Waals surface area contributed by atoms with E-state index in [9.17, 15) is 22.0 Å². The minimum Gasteiger partial charge on any atom is -0.494 e. The summed E-state index contributed by atoms with van der Waals surface area (Å²) in [4.78, 5) is 19.2. The van der Waals surface area contributed by atoms with Crippen molar-refractivity contribution < 1.29 is 31.1 Å². The number of piperidine rings is 1. The Morgan fingerprint density at radius 3 is 2.68 bits per heavy atom. The Morgan fingerprint density at radius 2 is 1.97 bits per heavy atom. The topological polar surface area (TPSA) is 93.0 Å². The molecule has 0 unspecified atom stereocenters. The Bertz CT molecular complexity index is 1530. The second kappa shape index (κ2) is 10.2. The number of hydrogen-bond acceptors (Lipinski definition) is 7. The quantitative estimate of drug-likeness (QED) is 0.330. The Balaban J connectivity index is 1.38. The summed E-state index contributed by atoms with van der Waals surface area (Å²) in [5.74, 6) is -1.41. The number of anilines is 1. The van der Waals surface area contributed by atoms with Gasteiger partial charge in [-0.2, -0.15) is 4.31 Å². The van der Waals surface area contributed by atoms with Gasteiger partial charge in [0, 0.05) is 19.0 Å². The molecule has 0 bridgehead atoms. The molecule has 2 aromatic carbocycles. The zero-order chi connectivity index (χ0) is 26.2. The van der Waals surface area contributed by atoms with Crippen LogP contribution in [0.25, 0.3) is 10.2 Å². The molecular formula is C25H23F2N3O5S2. The molecule has 37 heavy (non-hydrogen) atoms. The maximum absolute atomic E-state index is 14.2. The first-order valence-electron chi connectivity index (χ1n) is 11.5. The number of ether oxygens (including phenoxy) is 1. The number of aromatic nitrogens is 1. The van der Waals surface area contributed by atoms with Gasteiger partial charge in [0.15, 0.2) is 5.13 Å². The number of amides is 1. The van der Waals surface area contributed by atoms with Gasteiger partial charge in [0.05, 0.1) is 24.6 Å². The molecule has 1 aliphatic heterocycles. The van der Waals surface area contributed by atoms with Crippen LogP contribution in [-0.4, -0.2) is 43.8 Å². The molecule has 1 aliphatic rings. The van der Waals surface area contributed by atoms with Crippen molar-refractivity contribution in [1.82, 2.24) is 9.29 Å². The Morgan fingerprint density at radius 1 is 1.19 bits per heavy atom. The van der Waals surface area contributed by atoms with Crippen LogP contribution in [0.5, 0.6) is 5.75 Å². The van der Waals surface area contributed by atoms with Gasteiger partial charge in [0.2, 0.25) is 15.9 Å². The molecule has 1 saturated heterocycles. The average molecular weight is 548 g/mol. The number of nitrogens with zero attached hydrogens (tertiary/aromatic N) is 3. The minimum absolute atomic E-state index is 0.00302. The van der Waals surface area contributed by atoms with Crippen molar-refractivity contribution in [3.63, 3.8) is 0 Å². The molecule has 0 radical (unpaired) electrons. The Hall–Kier alpha value is -3.35. The van der Waals surface area contributed by atoms with Crippen molar-refractivity contribution in [2.24, 2.45) is 5.92 Å². The summed E-state index contributed by atoms with van der Waals surface area (Å²) in [5.41, 5.74) is 0.639. The molecule has 0 N–H and O–H groups in total. The van der Waals surface area contributed by atoms with Crippen LogP contribution < -0.4 is 9.64 Å². The van der Waals surface area contributed by atoms with Gasteiger partial charge in [-0.3, -0.25) is 9.69 Å². The second-order valence-electron chi connectivity index (χ2n) is 8.56. The van der Waals surface area contributed by atoms with Gasteiger partial charge in [-0.05, 0) is 55.3 Å². The first-order valence-corrected chi connectivity index (χ1v) is 13.8. The summed E-state index contributed by atoms with van der Waals surface area (Å²) >= 11 is 1.34. The standard InChI is InChI=1S/C25H23F2N3O5S2/c1-34-20-5-2-6-21-23(20)28-25(36-21)30(15-18-4-3-13-35-18)24(31)16-9-11-29(12-10-16)37(32,33)22-14-17(26)7-8-19(22)27/h2-8,13-14,16H,9-12,15H2,1H3. The molecule has 3 heterocycles. The lowest BCUT2D eigenvalue weighted by molar-refractivity contribution is -0.123. The van der Waals surface area contributed by atoms with E-state index in [1.54, 1.807) is 30.2 Å². The number of rotatable bonds is 7. The van der Waals surface area contributed by atoms with E-state index in [1.165, 1.54) is 17.6 Å². The predicted molar refractivity (Wildman–Crippen MR) is 134 cm³/mol. The molecule has 194 valence electrons. The van der Waals surface area contributed by atoms with E-state index in [-0.39, 0.29) is 38.4 Å². The van der Waals surface area contributed by atoms with Gasteiger partial charge in [-0.25, -0.2) is 22.2 Å². The van der Waals surface area contributed by atoms with Gasteiger partial charge in [-0.15, -0.1) is 0 Å². The highest BCUT2D eigenvalue weighted by atomic mass is 32.2. The van der Waals surface area contributed by atoms with Crippen LogP contribution >= 0.6 is 11.3 Å². The zero-order valence-corrected chi connectivity index (χ0v) is 21.4. The van der Waals surface area contributed by atoms with Crippen molar-refractivity contribution in [1.29, 1.82) is 0 Å². The normalized spacial score (nSPS) is 15.2. The molecule has 1 amide bonds. The van der Waals surface area contributed by atoms with Crippen LogP contribution in [0.2, 0.25) is 0 Å². The van der Waals surface area contributed by atoms with Crippen LogP contribution in [0.1, 0.15) is 18.6 Å². The third kappa shape index (κ3) is 4.96. The lowest BCUT2D eigenvalue weighted by atomic mass is 9.96. The van der Waals surface area contributed by atoms with E-state index in [0.29, 0.717) is 28.2 Å². The van der Waals surface area contributed by atoms with Crippen molar-refractivity contribution in [2.45, 2.75) is 24.3 Å². The van der Waals surface area contributed by atoms with Crippen molar-refractivity contribution in [3.05, 3.63) is 72.2 Å². The van der Waals surface area contributed by atoms with E-state index in [1.807, 2.05) is 12.1 Å². The fraction of sp³-hybridized carbons (Fsp3) is 0.280. The molecule has 12 heteroatoms. The number of carbonyl (C=O) groups excluding carboxylic acids is 1. The van der Waals surface area contributed by atoms with E-state index in [0.717, 1.165) is 21.1 Å². The lowest BCUT2D eigenvalue weighted by Gasteiger charge is -2.32. The molecule has 1 fully saturated rings. The molecule has 0 spiro atoms. The molecule has 0 atom stereocenters. The molecule has 2 aromatic heterocycles. The number of fused-ring (bicyclic) bond motifs is 1. The molecule has 0 saturated carbocycles. The number of hydrogen-bond donors (Lipinski definition) is 0. The minimum atomic E-state index is -4.25. The van der Waals surface area contributed by atoms with Crippen LogP contribution in [0.4, 0.5) is 13.9 Å². The number of para-hydroxylation sites is 1. The van der Waals surface area contributed by atoms with E-state index in [4.69, 9.17) is 9.15 Å². The number of furan rings is 1. The number of sulfonamides is 1. The second-order valence-corrected chi connectivity index (χ2v) is 11.5.